The summed E-state index contributed by atoms with van der Waals surface area (Å²) in [6.07, 6.45) is 8.92. The van der Waals surface area contributed by atoms with Crippen molar-refractivity contribution in [2.75, 3.05) is 13.6 Å². The Morgan fingerprint density at radius 2 is 1.60 bits per heavy atom. The second-order valence-electron chi connectivity index (χ2n) is 4.13. The van der Waals surface area contributed by atoms with E-state index in [0.29, 0.717) is 6.54 Å². The molecule has 2 rings (SSSR count). The molecule has 0 saturated heterocycles. The van der Waals surface area contributed by atoms with Crippen molar-refractivity contribution in [3.63, 3.8) is 0 Å². The zero-order valence-corrected chi connectivity index (χ0v) is 11.4. The molecule has 0 N–H and O–H groups in total. The minimum absolute atomic E-state index is 0.522. The monoisotopic (exact) mass is 264 g/mol. The summed E-state index contributed by atoms with van der Waals surface area (Å²) in [7, 11) is 1.76. The van der Waals surface area contributed by atoms with Crippen LogP contribution in [0, 0.1) is 0 Å². The van der Waals surface area contributed by atoms with Crippen molar-refractivity contribution in [3.8, 4) is 0 Å². The van der Waals surface area contributed by atoms with Crippen LogP contribution >= 0.6 is 0 Å². The Morgan fingerprint density at radius 3 is 2.10 bits per heavy atom. The van der Waals surface area contributed by atoms with Crippen molar-refractivity contribution >= 4 is 24.1 Å². The molecule has 2 aromatic heterocycles. The van der Waals surface area contributed by atoms with Gasteiger partial charge in [0.15, 0.2) is 0 Å². The lowest BCUT2D eigenvalue weighted by atomic mass is 9.96. The molecule has 2 heterocycles. The topological polar surface area (TPSA) is 50.5 Å². The second-order valence-corrected chi connectivity index (χ2v) is 4.13. The van der Waals surface area contributed by atoms with E-state index in [9.17, 15) is 0 Å². The van der Waals surface area contributed by atoms with Crippen LogP contribution in [0.3, 0.4) is 0 Å². The molecule has 4 nitrogen and oxygen atoms in total. The third-order valence-electron chi connectivity index (χ3n) is 2.87. The molecule has 0 atom stereocenters. The number of allylic oxidation sites excluding steroid dienone is 1. The Kier molecular flexibility index (Phi) is 4.89. The lowest BCUT2D eigenvalue weighted by Gasteiger charge is -2.11. The molecular weight excluding hydrogens is 248 g/mol. The maximum atomic E-state index is 4.16. The van der Waals surface area contributed by atoms with Crippen LogP contribution in [0.5, 0.6) is 0 Å². The van der Waals surface area contributed by atoms with E-state index in [0.717, 1.165) is 22.3 Å². The van der Waals surface area contributed by atoms with Gasteiger partial charge in [0.1, 0.15) is 0 Å². The van der Waals surface area contributed by atoms with Crippen molar-refractivity contribution in [2.24, 2.45) is 9.98 Å². The first kappa shape index (κ1) is 13.8. The van der Waals surface area contributed by atoms with Crippen molar-refractivity contribution < 1.29 is 0 Å². The molecule has 0 aliphatic heterocycles. The number of hydrogen-bond acceptors (Lipinski definition) is 4. The molecule has 0 spiro atoms. The molecule has 0 bridgehead atoms. The van der Waals surface area contributed by atoms with E-state index in [1.54, 1.807) is 31.8 Å². The van der Waals surface area contributed by atoms with Crippen molar-refractivity contribution in [1.29, 1.82) is 0 Å². The standard InChI is InChI=1S/C16H16N4/c1-17-11-15(13-3-7-19-8-4-13)16(12-18-2)14-5-9-20-10-6-14/h3-10,12H,1,11H2,2H3/b16-15-,18-12+. The van der Waals surface area contributed by atoms with Gasteiger partial charge in [-0.05, 0) is 47.7 Å². The van der Waals surface area contributed by atoms with Gasteiger partial charge >= 0.3 is 0 Å². The van der Waals surface area contributed by atoms with E-state index < -0.39 is 0 Å². The summed E-state index contributed by atoms with van der Waals surface area (Å²) >= 11 is 0. The molecule has 0 radical (unpaired) electrons. The number of rotatable bonds is 5. The van der Waals surface area contributed by atoms with Crippen LogP contribution in [-0.4, -0.2) is 36.5 Å². The SMILES string of the molecule is C=NC/C(=C(\C=N\C)c1ccncc1)c1ccncc1. The highest BCUT2D eigenvalue weighted by atomic mass is 14.7. The van der Waals surface area contributed by atoms with Crippen molar-refractivity contribution in [3.05, 3.63) is 60.2 Å². The maximum absolute atomic E-state index is 4.16. The van der Waals surface area contributed by atoms with Gasteiger partial charge in [0.25, 0.3) is 0 Å². The van der Waals surface area contributed by atoms with Crippen LogP contribution in [0.4, 0.5) is 0 Å². The highest BCUT2D eigenvalue weighted by molar-refractivity contribution is 6.19. The number of pyridine rings is 2. The Labute approximate surface area is 118 Å². The first-order chi connectivity index (χ1) is 9.86. The van der Waals surface area contributed by atoms with Crippen LogP contribution in [0.1, 0.15) is 11.1 Å². The minimum atomic E-state index is 0.522. The fourth-order valence-electron chi connectivity index (χ4n) is 1.98. The van der Waals surface area contributed by atoms with Gasteiger partial charge in [-0.2, -0.15) is 0 Å². The zero-order valence-electron chi connectivity index (χ0n) is 11.4. The van der Waals surface area contributed by atoms with Crippen LogP contribution in [-0.2, 0) is 0 Å². The van der Waals surface area contributed by atoms with E-state index in [1.165, 1.54) is 0 Å². The smallest absolute Gasteiger partial charge is 0.0645 e. The predicted octanol–water partition coefficient (Wildman–Crippen LogP) is 2.79. The molecule has 100 valence electrons. The minimum Gasteiger partial charge on any atom is -0.296 e. The summed E-state index contributed by atoms with van der Waals surface area (Å²) in [4.78, 5) is 16.3. The zero-order chi connectivity index (χ0) is 14.2. The fraction of sp³-hybridized carbons (Fsp3) is 0.125. The normalized spacial score (nSPS) is 12.2. The average Bonchev–Trinajstić information content (AvgIpc) is 2.52. The molecule has 0 aromatic carbocycles. The summed E-state index contributed by atoms with van der Waals surface area (Å²) in [5, 5.41) is 0. The van der Waals surface area contributed by atoms with Crippen LogP contribution < -0.4 is 0 Å². The number of aliphatic imine (C=N–C) groups is 2. The predicted molar refractivity (Wildman–Crippen MR) is 84.1 cm³/mol. The van der Waals surface area contributed by atoms with E-state index in [4.69, 9.17) is 0 Å². The van der Waals surface area contributed by atoms with Crippen molar-refractivity contribution in [1.82, 2.24) is 9.97 Å². The van der Waals surface area contributed by atoms with Gasteiger partial charge in [-0.1, -0.05) is 0 Å². The Bertz CT molecular complexity index is 615. The lowest BCUT2D eigenvalue weighted by molar-refractivity contribution is 1.25. The number of aromatic nitrogens is 2. The maximum Gasteiger partial charge on any atom is 0.0645 e. The highest BCUT2D eigenvalue weighted by Crippen LogP contribution is 2.25. The molecule has 0 amide bonds. The van der Waals surface area contributed by atoms with Gasteiger partial charge in [0, 0.05) is 43.6 Å². The third-order valence-corrected chi connectivity index (χ3v) is 2.87. The largest absolute Gasteiger partial charge is 0.296 e. The summed E-state index contributed by atoms with van der Waals surface area (Å²) < 4.78 is 0. The Hall–Kier alpha value is -2.62. The summed E-state index contributed by atoms with van der Waals surface area (Å²) in [6.45, 7) is 4.13. The van der Waals surface area contributed by atoms with Gasteiger partial charge in [-0.25, -0.2) is 0 Å². The highest BCUT2D eigenvalue weighted by Gasteiger charge is 2.09. The average molecular weight is 264 g/mol. The Morgan fingerprint density at radius 1 is 1.05 bits per heavy atom. The Balaban J connectivity index is 2.63. The van der Waals surface area contributed by atoms with E-state index in [-0.39, 0.29) is 0 Å². The molecule has 0 aliphatic carbocycles. The number of nitrogens with zero attached hydrogens (tertiary/aromatic N) is 4. The van der Waals surface area contributed by atoms with Gasteiger partial charge in [0.2, 0.25) is 0 Å². The number of hydrogen-bond donors (Lipinski definition) is 0. The second kappa shape index (κ2) is 7.09. The molecule has 0 aliphatic rings. The van der Waals surface area contributed by atoms with Gasteiger partial charge in [0.05, 0.1) is 6.54 Å². The van der Waals surface area contributed by atoms with E-state index >= 15 is 0 Å². The fourth-order valence-corrected chi connectivity index (χ4v) is 1.98. The third kappa shape index (κ3) is 3.23. The first-order valence-corrected chi connectivity index (χ1v) is 6.25. The van der Waals surface area contributed by atoms with Crippen LogP contribution in [0.2, 0.25) is 0 Å². The van der Waals surface area contributed by atoms with E-state index in [2.05, 4.69) is 26.7 Å². The molecule has 4 heteroatoms. The first-order valence-electron chi connectivity index (χ1n) is 6.25. The molecular formula is C16H16N4. The van der Waals surface area contributed by atoms with E-state index in [1.807, 2.05) is 30.5 Å². The quantitative estimate of drug-likeness (QED) is 0.780. The molecule has 20 heavy (non-hydrogen) atoms. The van der Waals surface area contributed by atoms with Crippen LogP contribution in [0.15, 0.2) is 59.0 Å². The lowest BCUT2D eigenvalue weighted by Crippen LogP contribution is -1.98. The van der Waals surface area contributed by atoms with Gasteiger partial charge in [-0.15, -0.1) is 0 Å². The summed E-state index contributed by atoms with van der Waals surface area (Å²) in [6, 6.07) is 7.85. The van der Waals surface area contributed by atoms with Crippen molar-refractivity contribution in [2.45, 2.75) is 0 Å². The van der Waals surface area contributed by atoms with Gasteiger partial charge in [-0.3, -0.25) is 20.0 Å². The van der Waals surface area contributed by atoms with Gasteiger partial charge < -0.3 is 0 Å². The molecule has 0 fully saturated rings. The molecule has 2 aromatic rings. The van der Waals surface area contributed by atoms with Crippen LogP contribution in [0.25, 0.3) is 11.1 Å². The summed E-state index contributed by atoms with van der Waals surface area (Å²) in [5.74, 6) is 0. The summed E-state index contributed by atoms with van der Waals surface area (Å²) in [5.41, 5.74) is 4.22. The molecule has 0 saturated carbocycles. The molecule has 0 unspecified atom stereocenters.